The Hall–Kier alpha value is -0.290. The van der Waals surface area contributed by atoms with Gasteiger partial charge >= 0.3 is 0 Å². The number of rotatable bonds is 3. The Balaban J connectivity index is 2.19. The normalized spacial score (nSPS) is 17.9. The summed E-state index contributed by atoms with van der Waals surface area (Å²) in [7, 11) is -3.52. The van der Waals surface area contributed by atoms with E-state index in [9.17, 15) is 8.42 Å². The Bertz CT molecular complexity index is 505. The first-order valence-corrected chi connectivity index (χ1v) is 8.20. The van der Waals surface area contributed by atoms with Gasteiger partial charge in [-0.3, -0.25) is 0 Å². The van der Waals surface area contributed by atoms with Gasteiger partial charge in [0.05, 0.1) is 4.90 Å². The molecule has 6 heteroatoms. The molecule has 0 unspecified atom stereocenters. The van der Waals surface area contributed by atoms with Crippen LogP contribution in [0.2, 0.25) is 10.0 Å². The molecule has 2 rings (SSSR count). The highest BCUT2D eigenvalue weighted by Gasteiger charge is 2.22. The average molecular weight is 308 g/mol. The monoisotopic (exact) mass is 307 g/mol. The molecule has 0 saturated heterocycles. The zero-order valence-corrected chi connectivity index (χ0v) is 12.2. The van der Waals surface area contributed by atoms with Gasteiger partial charge in [-0.2, -0.15) is 0 Å². The number of halogens is 2. The fourth-order valence-electron chi connectivity index (χ4n) is 2.19. The summed E-state index contributed by atoms with van der Waals surface area (Å²) >= 11 is 11.6. The lowest BCUT2D eigenvalue weighted by Crippen LogP contribution is -2.36. The molecule has 0 bridgehead atoms. The number of nitrogens with one attached hydrogen (secondary N) is 1. The van der Waals surface area contributed by atoms with Crippen LogP contribution in [0.4, 0.5) is 0 Å². The molecular weight excluding hydrogens is 293 g/mol. The van der Waals surface area contributed by atoms with Crippen LogP contribution in [-0.4, -0.2) is 14.5 Å². The largest absolute Gasteiger partial charge is 0.240 e. The Labute approximate surface area is 118 Å². The smallest absolute Gasteiger partial charge is 0.208 e. The Morgan fingerprint density at radius 3 is 2.11 bits per heavy atom. The fourth-order valence-corrected chi connectivity index (χ4v) is 4.22. The predicted octanol–water partition coefficient (Wildman–Crippen LogP) is 3.60. The zero-order chi connectivity index (χ0) is 13.2. The van der Waals surface area contributed by atoms with E-state index < -0.39 is 10.0 Å². The molecule has 1 aliphatic rings. The lowest BCUT2D eigenvalue weighted by atomic mass is 9.96. The maximum atomic E-state index is 12.2. The van der Waals surface area contributed by atoms with Crippen molar-refractivity contribution in [2.45, 2.75) is 43.0 Å². The highest BCUT2D eigenvalue weighted by atomic mass is 35.5. The number of hydrogen-bond acceptors (Lipinski definition) is 2. The second-order valence-electron chi connectivity index (χ2n) is 4.56. The molecule has 1 aromatic carbocycles. The standard InChI is InChI=1S/C12H15Cl2NO2S/c13-9-6-10(14)8-12(7-9)18(16,17)15-11-4-2-1-3-5-11/h6-8,11,15H,1-5H2. The first-order chi connectivity index (χ1) is 8.47. The van der Waals surface area contributed by atoms with Gasteiger partial charge in [0.2, 0.25) is 10.0 Å². The van der Waals surface area contributed by atoms with Gasteiger partial charge in [-0.15, -0.1) is 0 Å². The lowest BCUT2D eigenvalue weighted by molar-refractivity contribution is 0.412. The van der Waals surface area contributed by atoms with Crippen molar-refractivity contribution in [2.24, 2.45) is 0 Å². The van der Waals surface area contributed by atoms with E-state index >= 15 is 0 Å². The van der Waals surface area contributed by atoms with E-state index in [0.29, 0.717) is 10.0 Å². The maximum Gasteiger partial charge on any atom is 0.240 e. The molecule has 1 aliphatic carbocycles. The van der Waals surface area contributed by atoms with Crippen molar-refractivity contribution >= 4 is 33.2 Å². The SMILES string of the molecule is O=S(=O)(NC1CCCCC1)c1cc(Cl)cc(Cl)c1. The summed E-state index contributed by atoms with van der Waals surface area (Å²) in [6.45, 7) is 0. The van der Waals surface area contributed by atoms with Crippen molar-refractivity contribution in [1.82, 2.24) is 4.72 Å². The molecule has 0 atom stereocenters. The summed E-state index contributed by atoms with van der Waals surface area (Å²) in [5.41, 5.74) is 0. The zero-order valence-electron chi connectivity index (χ0n) is 9.83. The second-order valence-corrected chi connectivity index (χ2v) is 7.15. The van der Waals surface area contributed by atoms with Gasteiger partial charge < -0.3 is 0 Å². The van der Waals surface area contributed by atoms with Crippen molar-refractivity contribution in [1.29, 1.82) is 0 Å². The van der Waals surface area contributed by atoms with Crippen LogP contribution in [0.5, 0.6) is 0 Å². The van der Waals surface area contributed by atoms with Crippen LogP contribution < -0.4 is 4.72 Å². The topological polar surface area (TPSA) is 46.2 Å². The summed E-state index contributed by atoms with van der Waals surface area (Å²) in [4.78, 5) is 0.130. The van der Waals surface area contributed by atoms with Crippen LogP contribution in [0.3, 0.4) is 0 Å². The van der Waals surface area contributed by atoms with E-state index in [4.69, 9.17) is 23.2 Å². The second kappa shape index (κ2) is 5.78. The molecule has 1 saturated carbocycles. The fraction of sp³-hybridized carbons (Fsp3) is 0.500. The minimum absolute atomic E-state index is 0.0292. The van der Waals surface area contributed by atoms with Gasteiger partial charge in [-0.05, 0) is 31.0 Å². The quantitative estimate of drug-likeness (QED) is 0.927. The summed E-state index contributed by atoms with van der Waals surface area (Å²) in [6.07, 6.45) is 5.12. The Morgan fingerprint density at radius 1 is 1.00 bits per heavy atom. The molecule has 1 aromatic rings. The third-order valence-corrected chi connectivity index (χ3v) is 5.01. The molecule has 0 amide bonds. The molecule has 0 aliphatic heterocycles. The Kier molecular flexibility index (Phi) is 4.54. The van der Waals surface area contributed by atoms with Gasteiger partial charge in [-0.1, -0.05) is 42.5 Å². The van der Waals surface area contributed by atoms with Crippen LogP contribution in [0.1, 0.15) is 32.1 Å². The summed E-state index contributed by atoms with van der Waals surface area (Å²) in [5.74, 6) is 0. The molecule has 18 heavy (non-hydrogen) atoms. The molecule has 3 nitrogen and oxygen atoms in total. The Morgan fingerprint density at radius 2 is 1.56 bits per heavy atom. The molecule has 1 N–H and O–H groups in total. The first kappa shape index (κ1) is 14.1. The highest BCUT2D eigenvalue weighted by Crippen LogP contribution is 2.24. The molecule has 0 heterocycles. The molecule has 1 fully saturated rings. The van der Waals surface area contributed by atoms with Gasteiger partial charge in [0.25, 0.3) is 0 Å². The van der Waals surface area contributed by atoms with Crippen molar-refractivity contribution in [3.05, 3.63) is 28.2 Å². The van der Waals surface area contributed by atoms with Crippen molar-refractivity contribution in [3.63, 3.8) is 0 Å². The lowest BCUT2D eigenvalue weighted by Gasteiger charge is -2.22. The predicted molar refractivity (Wildman–Crippen MR) is 73.7 cm³/mol. The van der Waals surface area contributed by atoms with Gasteiger partial charge in [0.1, 0.15) is 0 Å². The average Bonchev–Trinajstić information content (AvgIpc) is 2.28. The third kappa shape index (κ3) is 3.60. The van der Waals surface area contributed by atoms with Crippen molar-refractivity contribution in [2.75, 3.05) is 0 Å². The van der Waals surface area contributed by atoms with Crippen molar-refractivity contribution in [3.8, 4) is 0 Å². The van der Waals surface area contributed by atoms with Gasteiger partial charge in [-0.25, -0.2) is 13.1 Å². The summed E-state index contributed by atoms with van der Waals surface area (Å²) in [6, 6.07) is 4.38. The molecule has 100 valence electrons. The van der Waals surface area contributed by atoms with Crippen LogP contribution >= 0.6 is 23.2 Å². The summed E-state index contributed by atoms with van der Waals surface area (Å²) < 4.78 is 27.1. The van der Waals surface area contributed by atoms with Crippen LogP contribution in [0, 0.1) is 0 Å². The van der Waals surface area contributed by atoms with Crippen molar-refractivity contribution < 1.29 is 8.42 Å². The van der Waals surface area contributed by atoms with Crippen LogP contribution in [0.25, 0.3) is 0 Å². The summed E-state index contributed by atoms with van der Waals surface area (Å²) in [5, 5.41) is 0.651. The molecule has 0 radical (unpaired) electrons. The minimum Gasteiger partial charge on any atom is -0.208 e. The van der Waals surface area contributed by atoms with Gasteiger partial charge in [0, 0.05) is 16.1 Å². The number of hydrogen-bond donors (Lipinski definition) is 1. The van der Waals surface area contributed by atoms with E-state index in [0.717, 1.165) is 25.7 Å². The van der Waals surface area contributed by atoms with Crippen LogP contribution in [0.15, 0.2) is 23.1 Å². The van der Waals surface area contributed by atoms with E-state index in [-0.39, 0.29) is 10.9 Å². The molecular formula is C12H15Cl2NO2S. The molecule has 0 aromatic heterocycles. The minimum atomic E-state index is -3.52. The number of sulfonamides is 1. The molecule has 0 spiro atoms. The van der Waals surface area contributed by atoms with E-state index in [2.05, 4.69) is 4.72 Å². The van der Waals surface area contributed by atoms with Gasteiger partial charge in [0.15, 0.2) is 0 Å². The number of benzene rings is 1. The van der Waals surface area contributed by atoms with E-state index in [1.807, 2.05) is 0 Å². The third-order valence-electron chi connectivity index (χ3n) is 3.07. The maximum absolute atomic E-state index is 12.2. The first-order valence-electron chi connectivity index (χ1n) is 5.96. The van der Waals surface area contributed by atoms with Crippen LogP contribution in [-0.2, 0) is 10.0 Å². The van der Waals surface area contributed by atoms with E-state index in [1.54, 1.807) is 0 Å². The van der Waals surface area contributed by atoms with E-state index in [1.165, 1.54) is 24.6 Å². The highest BCUT2D eigenvalue weighted by molar-refractivity contribution is 7.89.